The van der Waals surface area contributed by atoms with Gasteiger partial charge in [0, 0.05) is 25.2 Å². The van der Waals surface area contributed by atoms with Crippen LogP contribution in [-0.2, 0) is 24.4 Å². The first-order chi connectivity index (χ1) is 12.9. The standard InChI is InChI=1S/C22H27N3O2/c1-14(2)20(25-21(26)17-6-4-5-15(3)9-17)22(27)24-11-16-7-8-18-12-23-13-19(18)10-16/h4-10,14,20,23H,11-13H2,1-3H3,(H,24,27)(H,25,26). The van der Waals surface area contributed by atoms with Crippen molar-refractivity contribution in [3.8, 4) is 0 Å². The van der Waals surface area contributed by atoms with Crippen molar-refractivity contribution in [2.75, 3.05) is 0 Å². The summed E-state index contributed by atoms with van der Waals surface area (Å²) >= 11 is 0. The molecule has 3 rings (SSSR count). The molecule has 0 aliphatic carbocycles. The van der Waals surface area contributed by atoms with Crippen molar-refractivity contribution in [1.29, 1.82) is 0 Å². The zero-order valence-electron chi connectivity index (χ0n) is 16.1. The summed E-state index contributed by atoms with van der Waals surface area (Å²) in [7, 11) is 0. The Balaban J connectivity index is 1.62. The first-order valence-electron chi connectivity index (χ1n) is 9.40. The molecule has 0 spiro atoms. The van der Waals surface area contributed by atoms with Gasteiger partial charge in [-0.25, -0.2) is 0 Å². The Hall–Kier alpha value is -2.66. The molecule has 0 saturated heterocycles. The average molecular weight is 365 g/mol. The smallest absolute Gasteiger partial charge is 0.251 e. The van der Waals surface area contributed by atoms with Crippen LogP contribution in [0.2, 0.25) is 0 Å². The summed E-state index contributed by atoms with van der Waals surface area (Å²) in [6, 6.07) is 13.1. The van der Waals surface area contributed by atoms with Gasteiger partial charge in [-0.15, -0.1) is 0 Å². The van der Waals surface area contributed by atoms with Gasteiger partial charge in [0.05, 0.1) is 0 Å². The van der Waals surface area contributed by atoms with E-state index in [-0.39, 0.29) is 17.7 Å². The van der Waals surface area contributed by atoms with Crippen molar-refractivity contribution in [2.45, 2.75) is 46.4 Å². The van der Waals surface area contributed by atoms with E-state index in [1.807, 2.05) is 45.0 Å². The molecule has 2 aromatic carbocycles. The molecule has 0 fully saturated rings. The number of fused-ring (bicyclic) bond motifs is 1. The van der Waals surface area contributed by atoms with E-state index < -0.39 is 6.04 Å². The molecule has 1 unspecified atom stereocenters. The van der Waals surface area contributed by atoms with E-state index in [0.717, 1.165) is 24.2 Å². The minimum Gasteiger partial charge on any atom is -0.350 e. The fourth-order valence-corrected chi connectivity index (χ4v) is 3.30. The van der Waals surface area contributed by atoms with Gasteiger partial charge < -0.3 is 16.0 Å². The molecule has 0 saturated carbocycles. The van der Waals surface area contributed by atoms with E-state index in [2.05, 4.69) is 28.1 Å². The summed E-state index contributed by atoms with van der Waals surface area (Å²) in [5.41, 5.74) is 5.25. The maximum absolute atomic E-state index is 12.7. The zero-order chi connectivity index (χ0) is 19.4. The third kappa shape index (κ3) is 4.74. The summed E-state index contributed by atoms with van der Waals surface area (Å²) in [5.74, 6) is -0.399. The lowest BCUT2D eigenvalue weighted by Crippen LogP contribution is -2.49. The van der Waals surface area contributed by atoms with Crippen LogP contribution in [0, 0.1) is 12.8 Å². The van der Waals surface area contributed by atoms with Crippen molar-refractivity contribution < 1.29 is 9.59 Å². The SMILES string of the molecule is Cc1cccc(C(=O)NC(C(=O)NCc2ccc3c(c2)CNC3)C(C)C)c1. The molecule has 3 N–H and O–H groups in total. The monoisotopic (exact) mass is 365 g/mol. The highest BCUT2D eigenvalue weighted by atomic mass is 16.2. The Kier molecular flexibility index (Phi) is 5.91. The summed E-state index contributed by atoms with van der Waals surface area (Å²) < 4.78 is 0. The summed E-state index contributed by atoms with van der Waals surface area (Å²) in [6.45, 7) is 8.04. The number of aryl methyl sites for hydroxylation is 1. The maximum atomic E-state index is 12.7. The number of rotatable bonds is 6. The van der Waals surface area contributed by atoms with E-state index in [0.29, 0.717) is 12.1 Å². The Morgan fingerprint density at radius 2 is 1.85 bits per heavy atom. The van der Waals surface area contributed by atoms with Crippen LogP contribution in [0.3, 0.4) is 0 Å². The third-order valence-corrected chi connectivity index (χ3v) is 4.88. The number of nitrogens with one attached hydrogen (secondary N) is 3. The zero-order valence-corrected chi connectivity index (χ0v) is 16.1. The predicted molar refractivity (Wildman–Crippen MR) is 106 cm³/mol. The molecule has 2 aromatic rings. The van der Waals surface area contributed by atoms with Crippen molar-refractivity contribution in [2.24, 2.45) is 5.92 Å². The molecule has 0 aromatic heterocycles. The highest BCUT2D eigenvalue weighted by Gasteiger charge is 2.24. The highest BCUT2D eigenvalue weighted by Crippen LogP contribution is 2.17. The molecular weight excluding hydrogens is 338 g/mol. The highest BCUT2D eigenvalue weighted by molar-refractivity contribution is 5.97. The Bertz CT molecular complexity index is 845. The van der Waals surface area contributed by atoms with Crippen LogP contribution in [-0.4, -0.2) is 17.9 Å². The first-order valence-corrected chi connectivity index (χ1v) is 9.40. The maximum Gasteiger partial charge on any atom is 0.251 e. The molecule has 1 heterocycles. The molecular formula is C22H27N3O2. The van der Waals surface area contributed by atoms with Crippen LogP contribution in [0.25, 0.3) is 0 Å². The topological polar surface area (TPSA) is 70.2 Å². The van der Waals surface area contributed by atoms with Crippen LogP contribution in [0.5, 0.6) is 0 Å². The van der Waals surface area contributed by atoms with Crippen molar-refractivity contribution in [1.82, 2.24) is 16.0 Å². The van der Waals surface area contributed by atoms with Gasteiger partial charge in [0.25, 0.3) is 5.91 Å². The lowest BCUT2D eigenvalue weighted by atomic mass is 10.0. The van der Waals surface area contributed by atoms with Crippen LogP contribution in [0.1, 0.15) is 46.5 Å². The molecule has 1 aliphatic heterocycles. The van der Waals surface area contributed by atoms with Gasteiger partial charge in [0.2, 0.25) is 5.91 Å². The van der Waals surface area contributed by atoms with E-state index in [4.69, 9.17) is 0 Å². The van der Waals surface area contributed by atoms with Gasteiger partial charge in [-0.3, -0.25) is 9.59 Å². The normalized spacial score (nSPS) is 13.9. The Morgan fingerprint density at radius 3 is 2.59 bits per heavy atom. The number of benzene rings is 2. The van der Waals surface area contributed by atoms with Crippen molar-refractivity contribution in [3.63, 3.8) is 0 Å². The molecule has 2 amide bonds. The minimum atomic E-state index is -0.575. The second-order valence-corrected chi connectivity index (χ2v) is 7.49. The van der Waals surface area contributed by atoms with Crippen LogP contribution in [0.4, 0.5) is 0 Å². The van der Waals surface area contributed by atoms with Gasteiger partial charge in [-0.1, -0.05) is 49.7 Å². The summed E-state index contributed by atoms with van der Waals surface area (Å²) in [6.07, 6.45) is 0. The predicted octanol–water partition coefficient (Wildman–Crippen LogP) is 2.67. The quantitative estimate of drug-likeness (QED) is 0.737. The van der Waals surface area contributed by atoms with Gasteiger partial charge in [0.15, 0.2) is 0 Å². The molecule has 5 nitrogen and oxygen atoms in total. The molecule has 1 aliphatic rings. The fraction of sp³-hybridized carbons (Fsp3) is 0.364. The van der Waals surface area contributed by atoms with Gasteiger partial charge in [0.1, 0.15) is 6.04 Å². The number of hydrogen-bond donors (Lipinski definition) is 3. The lowest BCUT2D eigenvalue weighted by molar-refractivity contribution is -0.124. The molecule has 5 heteroatoms. The second-order valence-electron chi connectivity index (χ2n) is 7.49. The van der Waals surface area contributed by atoms with E-state index in [1.54, 1.807) is 6.07 Å². The van der Waals surface area contributed by atoms with Crippen molar-refractivity contribution in [3.05, 3.63) is 70.3 Å². The fourth-order valence-electron chi connectivity index (χ4n) is 3.30. The second kappa shape index (κ2) is 8.35. The summed E-state index contributed by atoms with van der Waals surface area (Å²) in [5, 5.41) is 9.16. The number of carbonyl (C=O) groups is 2. The summed E-state index contributed by atoms with van der Waals surface area (Å²) in [4.78, 5) is 25.2. The largest absolute Gasteiger partial charge is 0.350 e. The van der Waals surface area contributed by atoms with Gasteiger partial charge in [-0.05, 0) is 41.7 Å². The molecule has 142 valence electrons. The number of carbonyl (C=O) groups excluding carboxylic acids is 2. The van der Waals surface area contributed by atoms with Crippen LogP contribution in [0.15, 0.2) is 42.5 Å². The van der Waals surface area contributed by atoms with Crippen LogP contribution < -0.4 is 16.0 Å². The van der Waals surface area contributed by atoms with Gasteiger partial charge >= 0.3 is 0 Å². The van der Waals surface area contributed by atoms with E-state index in [1.165, 1.54) is 11.1 Å². The lowest BCUT2D eigenvalue weighted by Gasteiger charge is -2.22. The van der Waals surface area contributed by atoms with Crippen LogP contribution >= 0.6 is 0 Å². The van der Waals surface area contributed by atoms with Gasteiger partial charge in [-0.2, -0.15) is 0 Å². The Labute approximate surface area is 160 Å². The number of hydrogen-bond acceptors (Lipinski definition) is 3. The average Bonchev–Trinajstić information content (AvgIpc) is 3.11. The van der Waals surface area contributed by atoms with Crippen molar-refractivity contribution >= 4 is 11.8 Å². The molecule has 0 radical (unpaired) electrons. The molecule has 1 atom stereocenters. The number of amides is 2. The minimum absolute atomic E-state index is 0.0111. The van der Waals surface area contributed by atoms with E-state index in [9.17, 15) is 9.59 Å². The molecule has 27 heavy (non-hydrogen) atoms. The molecule has 0 bridgehead atoms. The Morgan fingerprint density at radius 1 is 1.07 bits per heavy atom. The first kappa shape index (κ1) is 19.1. The van der Waals surface area contributed by atoms with E-state index >= 15 is 0 Å². The third-order valence-electron chi connectivity index (χ3n) is 4.88.